The summed E-state index contributed by atoms with van der Waals surface area (Å²) in [6.45, 7) is 5.89. The van der Waals surface area contributed by atoms with Gasteiger partial charge in [0.15, 0.2) is 11.6 Å². The van der Waals surface area contributed by atoms with Gasteiger partial charge in [-0.1, -0.05) is 29.8 Å². The molecule has 4 aromatic rings. The number of aromatic nitrogens is 3. The molecule has 0 spiro atoms. The molecule has 0 radical (unpaired) electrons. The number of hydrogen-bond acceptors (Lipinski definition) is 5. The van der Waals surface area contributed by atoms with Gasteiger partial charge in [0.1, 0.15) is 11.6 Å². The van der Waals surface area contributed by atoms with E-state index >= 15 is 0 Å². The van der Waals surface area contributed by atoms with Gasteiger partial charge in [-0.3, -0.25) is 9.59 Å². The summed E-state index contributed by atoms with van der Waals surface area (Å²) in [5.41, 5.74) is 4.11. The zero-order valence-electron chi connectivity index (χ0n) is 19.5. The van der Waals surface area contributed by atoms with E-state index in [9.17, 15) is 9.59 Å². The van der Waals surface area contributed by atoms with Crippen molar-refractivity contribution in [3.05, 3.63) is 75.9 Å². The van der Waals surface area contributed by atoms with Crippen LogP contribution in [0.2, 0.25) is 5.02 Å². The third-order valence-corrected chi connectivity index (χ3v) is 5.83. The predicted octanol–water partition coefficient (Wildman–Crippen LogP) is 5.61. The summed E-state index contributed by atoms with van der Waals surface area (Å²) in [6.07, 6.45) is 0.0181. The maximum absolute atomic E-state index is 12.7. The summed E-state index contributed by atoms with van der Waals surface area (Å²) in [5.74, 6) is 1.01. The first kappa shape index (κ1) is 23.4. The lowest BCUT2D eigenvalue weighted by Gasteiger charge is -2.12. The molecule has 0 bridgehead atoms. The minimum atomic E-state index is -0.302. The second-order valence-electron chi connectivity index (χ2n) is 8.17. The summed E-state index contributed by atoms with van der Waals surface area (Å²) >= 11 is 6.02. The molecule has 2 aromatic heterocycles. The highest BCUT2D eigenvalue weighted by atomic mass is 35.5. The molecule has 0 saturated carbocycles. The van der Waals surface area contributed by atoms with Crippen molar-refractivity contribution >= 4 is 40.0 Å². The number of anilines is 1. The monoisotopic (exact) mass is 476 g/mol. The van der Waals surface area contributed by atoms with E-state index in [4.69, 9.17) is 21.3 Å². The molecule has 4 rings (SSSR count). The van der Waals surface area contributed by atoms with E-state index in [1.54, 1.807) is 28.9 Å². The highest BCUT2D eigenvalue weighted by molar-refractivity contribution is 6.31. The van der Waals surface area contributed by atoms with Crippen molar-refractivity contribution in [2.24, 2.45) is 0 Å². The van der Waals surface area contributed by atoms with Crippen LogP contribution in [0.25, 0.3) is 16.7 Å². The lowest BCUT2D eigenvalue weighted by Crippen LogP contribution is -2.17. The first-order valence-corrected chi connectivity index (χ1v) is 11.2. The normalized spacial score (nSPS) is 11.0. The Labute approximate surface area is 202 Å². The number of halogens is 1. The van der Waals surface area contributed by atoms with Crippen LogP contribution in [0.15, 0.2) is 48.5 Å². The number of amides is 1. The highest BCUT2D eigenvalue weighted by Crippen LogP contribution is 2.26. The number of nitrogens with one attached hydrogen (secondary N) is 1. The number of hydrogen-bond donors (Lipinski definition) is 1. The molecule has 0 fully saturated rings. The topological polar surface area (TPSA) is 86.1 Å². The fourth-order valence-corrected chi connectivity index (χ4v) is 4.05. The van der Waals surface area contributed by atoms with Crippen molar-refractivity contribution in [2.75, 3.05) is 12.4 Å². The molecule has 0 aliphatic heterocycles. The van der Waals surface area contributed by atoms with E-state index in [2.05, 4.69) is 10.4 Å². The molecule has 1 N–H and O–H groups in total. The second kappa shape index (κ2) is 9.65. The Balaban J connectivity index is 1.54. The van der Waals surface area contributed by atoms with Crippen molar-refractivity contribution < 1.29 is 14.3 Å². The molecular weight excluding hydrogens is 452 g/mol. The highest BCUT2D eigenvalue weighted by Gasteiger charge is 2.17. The zero-order chi connectivity index (χ0) is 24.4. The summed E-state index contributed by atoms with van der Waals surface area (Å²) in [7, 11) is 1.49. The average Bonchev–Trinajstić information content (AvgIpc) is 3.17. The molecule has 2 aromatic carbocycles. The number of benzene rings is 2. The number of carbonyl (C=O) groups is 2. The molecular formula is C26H25ClN4O3. The minimum absolute atomic E-state index is 0.00200. The Morgan fingerprint density at radius 2 is 1.82 bits per heavy atom. The second-order valence-corrected chi connectivity index (χ2v) is 8.60. The number of carbonyl (C=O) groups excluding carboxylic acids is 2. The van der Waals surface area contributed by atoms with E-state index < -0.39 is 0 Å². The van der Waals surface area contributed by atoms with Crippen molar-refractivity contribution in [3.8, 4) is 11.6 Å². The number of pyridine rings is 1. The number of nitrogens with zero attached hydrogens (tertiary/aromatic N) is 3. The maximum atomic E-state index is 12.7. The largest absolute Gasteiger partial charge is 0.496 e. The first-order chi connectivity index (χ1) is 16.3. The fraction of sp³-hybridized carbons (Fsp3) is 0.231. The summed E-state index contributed by atoms with van der Waals surface area (Å²) in [6, 6.07) is 14.6. The molecule has 2 heterocycles. The Hall–Kier alpha value is -3.71. The van der Waals surface area contributed by atoms with Crippen LogP contribution in [0.5, 0.6) is 5.75 Å². The van der Waals surface area contributed by atoms with Crippen LogP contribution < -0.4 is 10.1 Å². The molecule has 0 atom stereocenters. The van der Waals surface area contributed by atoms with Crippen molar-refractivity contribution in [2.45, 2.75) is 33.6 Å². The van der Waals surface area contributed by atoms with E-state index in [0.29, 0.717) is 28.0 Å². The van der Waals surface area contributed by atoms with Gasteiger partial charge >= 0.3 is 0 Å². The molecule has 1 amide bonds. The SMILES string of the molecule is COc1ccc(Cl)cc1C(=O)CCC(=O)Nc1cc(C)nn1-c1cc(C)c2cccc(C)c2n1. The van der Waals surface area contributed by atoms with Gasteiger partial charge in [0.25, 0.3) is 0 Å². The number of aryl methyl sites for hydroxylation is 3. The third kappa shape index (κ3) is 4.79. The number of para-hydroxylation sites is 1. The van der Waals surface area contributed by atoms with Crippen LogP contribution in [-0.4, -0.2) is 33.6 Å². The van der Waals surface area contributed by atoms with Crippen molar-refractivity contribution in [1.82, 2.24) is 14.8 Å². The number of ketones is 1. The van der Waals surface area contributed by atoms with Gasteiger partial charge < -0.3 is 10.1 Å². The quantitative estimate of drug-likeness (QED) is 0.350. The Morgan fingerprint density at radius 1 is 1.03 bits per heavy atom. The van der Waals surface area contributed by atoms with Gasteiger partial charge in [-0.15, -0.1) is 0 Å². The number of rotatable bonds is 7. The fourth-order valence-electron chi connectivity index (χ4n) is 3.88. The van der Waals surface area contributed by atoms with Crippen LogP contribution >= 0.6 is 11.6 Å². The van der Waals surface area contributed by atoms with E-state index in [0.717, 1.165) is 27.7 Å². The zero-order valence-corrected chi connectivity index (χ0v) is 20.2. The molecule has 0 aliphatic rings. The average molecular weight is 477 g/mol. The van der Waals surface area contributed by atoms with Gasteiger partial charge in [-0.25, -0.2) is 4.98 Å². The summed E-state index contributed by atoms with van der Waals surface area (Å²) in [5, 5.41) is 8.91. The Kier molecular flexibility index (Phi) is 6.65. The van der Waals surface area contributed by atoms with Crippen molar-refractivity contribution in [3.63, 3.8) is 0 Å². The lowest BCUT2D eigenvalue weighted by molar-refractivity contribution is -0.116. The van der Waals surface area contributed by atoms with Gasteiger partial charge in [-0.05, 0) is 56.2 Å². The standard InChI is InChI=1S/C26H25ClN4O3/c1-15-6-5-7-19-16(2)12-23(29-26(15)19)31-24(13-17(3)30-31)28-25(33)11-9-21(32)20-14-18(27)8-10-22(20)34-4/h5-8,10,12-14H,9,11H2,1-4H3,(H,28,33). The Morgan fingerprint density at radius 3 is 2.59 bits per heavy atom. The minimum Gasteiger partial charge on any atom is -0.496 e. The van der Waals surface area contributed by atoms with Gasteiger partial charge in [-0.2, -0.15) is 9.78 Å². The smallest absolute Gasteiger partial charge is 0.225 e. The number of Topliss-reactive ketones (excluding diaryl/α,β-unsaturated/α-hetero) is 1. The van der Waals surface area contributed by atoms with Gasteiger partial charge in [0.05, 0.1) is 23.9 Å². The van der Waals surface area contributed by atoms with E-state index in [1.807, 2.05) is 45.0 Å². The van der Waals surface area contributed by atoms with Crippen molar-refractivity contribution in [1.29, 1.82) is 0 Å². The van der Waals surface area contributed by atoms with Gasteiger partial charge in [0.2, 0.25) is 5.91 Å². The number of methoxy groups -OCH3 is 1. The van der Waals surface area contributed by atoms with Crippen LogP contribution in [0.1, 0.15) is 40.0 Å². The van der Waals surface area contributed by atoms with Crippen LogP contribution in [0, 0.1) is 20.8 Å². The Bertz CT molecular complexity index is 1410. The number of ether oxygens (including phenoxy) is 1. The van der Waals surface area contributed by atoms with E-state index in [1.165, 1.54) is 7.11 Å². The molecule has 174 valence electrons. The molecule has 0 unspecified atom stereocenters. The molecule has 0 saturated heterocycles. The summed E-state index contributed by atoms with van der Waals surface area (Å²) < 4.78 is 6.86. The number of fused-ring (bicyclic) bond motifs is 1. The van der Waals surface area contributed by atoms with Crippen LogP contribution in [0.4, 0.5) is 5.82 Å². The first-order valence-electron chi connectivity index (χ1n) is 10.9. The van der Waals surface area contributed by atoms with Crippen LogP contribution in [0.3, 0.4) is 0 Å². The summed E-state index contributed by atoms with van der Waals surface area (Å²) in [4.78, 5) is 30.2. The lowest BCUT2D eigenvalue weighted by atomic mass is 10.1. The third-order valence-electron chi connectivity index (χ3n) is 5.59. The predicted molar refractivity (Wildman–Crippen MR) is 133 cm³/mol. The molecule has 7 nitrogen and oxygen atoms in total. The van der Waals surface area contributed by atoms with Gasteiger partial charge in [0, 0.05) is 29.3 Å². The molecule has 0 aliphatic carbocycles. The molecule has 8 heteroatoms. The van der Waals surface area contributed by atoms with Crippen LogP contribution in [-0.2, 0) is 4.79 Å². The van der Waals surface area contributed by atoms with E-state index in [-0.39, 0.29) is 24.5 Å². The maximum Gasteiger partial charge on any atom is 0.225 e. The molecule has 34 heavy (non-hydrogen) atoms.